The molecular weight excluding hydrogens is 432 g/mol. The van der Waals surface area contributed by atoms with Crippen molar-refractivity contribution >= 4 is 18.0 Å². The van der Waals surface area contributed by atoms with Crippen LogP contribution in [0.15, 0.2) is 48.5 Å². The van der Waals surface area contributed by atoms with Crippen molar-refractivity contribution in [3.63, 3.8) is 0 Å². The molecule has 0 spiro atoms. The van der Waals surface area contributed by atoms with E-state index in [1.807, 2.05) is 31.2 Å². The van der Waals surface area contributed by atoms with Crippen molar-refractivity contribution in [3.8, 4) is 11.1 Å². The van der Waals surface area contributed by atoms with E-state index in [2.05, 4.69) is 34.9 Å². The fourth-order valence-electron chi connectivity index (χ4n) is 4.73. The molecule has 0 saturated heterocycles. The molecule has 2 aromatic rings. The molecule has 1 saturated carbocycles. The molecule has 180 valence electrons. The maximum Gasteiger partial charge on any atom is 0.407 e. The first-order chi connectivity index (χ1) is 16.5. The lowest BCUT2D eigenvalue weighted by Crippen LogP contribution is -2.46. The molecule has 2 aromatic carbocycles. The number of carbonyl (C=O) groups excluding carboxylic acids is 2. The third-order valence-electron chi connectivity index (χ3n) is 6.72. The summed E-state index contributed by atoms with van der Waals surface area (Å²) in [7, 11) is 0. The topological polar surface area (TPSA) is 105 Å². The Labute approximate surface area is 199 Å². The van der Waals surface area contributed by atoms with Gasteiger partial charge in [-0.1, -0.05) is 74.7 Å². The van der Waals surface area contributed by atoms with Crippen LogP contribution in [0.3, 0.4) is 0 Å². The van der Waals surface area contributed by atoms with Crippen LogP contribution in [0.1, 0.15) is 56.1 Å². The molecule has 7 heteroatoms. The third kappa shape index (κ3) is 5.58. The van der Waals surface area contributed by atoms with Gasteiger partial charge in [-0.3, -0.25) is 4.79 Å². The smallest absolute Gasteiger partial charge is 0.407 e. The molecule has 0 aliphatic heterocycles. The fraction of sp³-hybridized carbons (Fsp3) is 0.444. The number of hydrogen-bond donors (Lipinski definition) is 3. The van der Waals surface area contributed by atoms with Crippen LogP contribution in [0.25, 0.3) is 11.1 Å². The maximum absolute atomic E-state index is 12.7. The van der Waals surface area contributed by atoms with Gasteiger partial charge in [-0.2, -0.15) is 0 Å². The van der Waals surface area contributed by atoms with Gasteiger partial charge in [0.2, 0.25) is 5.91 Å². The lowest BCUT2D eigenvalue weighted by Gasteiger charge is -2.21. The first-order valence-electron chi connectivity index (χ1n) is 12.1. The second-order valence-electron chi connectivity index (χ2n) is 9.27. The molecule has 34 heavy (non-hydrogen) atoms. The second-order valence-corrected chi connectivity index (χ2v) is 9.27. The van der Waals surface area contributed by atoms with E-state index in [0.717, 1.165) is 41.5 Å². The van der Waals surface area contributed by atoms with E-state index in [1.165, 1.54) is 0 Å². The number of ether oxygens (including phenoxy) is 1. The van der Waals surface area contributed by atoms with E-state index >= 15 is 0 Å². The van der Waals surface area contributed by atoms with Gasteiger partial charge < -0.3 is 20.5 Å². The van der Waals surface area contributed by atoms with Crippen molar-refractivity contribution in [2.24, 2.45) is 11.8 Å². The number of amides is 2. The summed E-state index contributed by atoms with van der Waals surface area (Å²) in [5, 5.41) is 14.8. The molecule has 7 nitrogen and oxygen atoms in total. The minimum absolute atomic E-state index is 0.0355. The molecule has 0 heterocycles. The lowest BCUT2D eigenvalue weighted by molar-refractivity contribution is -0.142. The van der Waals surface area contributed by atoms with Crippen LogP contribution < -0.4 is 10.6 Å². The maximum atomic E-state index is 12.7. The largest absolute Gasteiger partial charge is 0.480 e. The summed E-state index contributed by atoms with van der Waals surface area (Å²) >= 11 is 0. The van der Waals surface area contributed by atoms with E-state index < -0.39 is 24.0 Å². The van der Waals surface area contributed by atoms with Gasteiger partial charge in [0, 0.05) is 12.5 Å². The Bertz CT molecular complexity index is 1000. The summed E-state index contributed by atoms with van der Waals surface area (Å²) < 4.78 is 5.55. The number of nitrogens with one attached hydrogen (secondary N) is 2. The summed E-state index contributed by atoms with van der Waals surface area (Å²) in [5.74, 6) is -1.52. The summed E-state index contributed by atoms with van der Waals surface area (Å²) in [5.41, 5.74) is 4.59. The number of aliphatic carboxylic acids is 1. The molecule has 2 atom stereocenters. The highest BCUT2D eigenvalue weighted by atomic mass is 16.5. The molecule has 2 aliphatic rings. The molecule has 0 aromatic heterocycles. The van der Waals surface area contributed by atoms with Crippen LogP contribution in [0.2, 0.25) is 0 Å². The number of rotatable bonds is 11. The molecule has 2 unspecified atom stereocenters. The SMILES string of the molecule is CCCC(CNC(=O)OCC1c2ccccc2-c2ccccc21)C(=O)NC(CC1CC1)C(=O)O. The van der Waals surface area contributed by atoms with Crippen LogP contribution in [-0.2, 0) is 14.3 Å². The Morgan fingerprint density at radius 2 is 1.65 bits per heavy atom. The Morgan fingerprint density at radius 1 is 1.03 bits per heavy atom. The normalized spacial score (nSPS) is 16.1. The van der Waals surface area contributed by atoms with Crippen molar-refractivity contribution < 1.29 is 24.2 Å². The average Bonchev–Trinajstić information content (AvgIpc) is 3.60. The van der Waals surface area contributed by atoms with Crippen molar-refractivity contribution in [1.29, 1.82) is 0 Å². The van der Waals surface area contributed by atoms with E-state index in [4.69, 9.17) is 4.74 Å². The van der Waals surface area contributed by atoms with Crippen molar-refractivity contribution in [1.82, 2.24) is 10.6 Å². The molecular formula is C27H32N2O5. The zero-order valence-corrected chi connectivity index (χ0v) is 19.5. The van der Waals surface area contributed by atoms with E-state index in [1.54, 1.807) is 0 Å². The summed E-state index contributed by atoms with van der Waals surface area (Å²) in [6.45, 7) is 2.26. The van der Waals surface area contributed by atoms with Gasteiger partial charge in [-0.05, 0) is 41.0 Å². The quantitative estimate of drug-likeness (QED) is 0.460. The number of benzene rings is 2. The number of alkyl carbamates (subject to hydrolysis) is 1. The molecule has 3 N–H and O–H groups in total. The Kier molecular flexibility index (Phi) is 7.50. The highest BCUT2D eigenvalue weighted by Gasteiger charge is 2.32. The number of carbonyl (C=O) groups is 3. The van der Waals surface area contributed by atoms with Crippen LogP contribution in [0, 0.1) is 11.8 Å². The first-order valence-corrected chi connectivity index (χ1v) is 12.1. The average molecular weight is 465 g/mol. The first kappa shape index (κ1) is 23.8. The van der Waals surface area contributed by atoms with Gasteiger partial charge in [0.1, 0.15) is 12.6 Å². The van der Waals surface area contributed by atoms with Crippen LogP contribution >= 0.6 is 0 Å². The predicted octanol–water partition coefficient (Wildman–Crippen LogP) is 4.31. The van der Waals surface area contributed by atoms with Crippen LogP contribution in [0.4, 0.5) is 4.79 Å². The zero-order chi connectivity index (χ0) is 24.1. The fourth-order valence-corrected chi connectivity index (χ4v) is 4.73. The number of fused-ring (bicyclic) bond motifs is 3. The highest BCUT2D eigenvalue weighted by Crippen LogP contribution is 2.44. The molecule has 0 bridgehead atoms. The van der Waals surface area contributed by atoms with Crippen molar-refractivity contribution in [3.05, 3.63) is 59.7 Å². The molecule has 1 fully saturated rings. The van der Waals surface area contributed by atoms with Gasteiger partial charge in [0.05, 0.1) is 5.92 Å². The summed E-state index contributed by atoms with van der Waals surface area (Å²) in [6, 6.07) is 15.4. The van der Waals surface area contributed by atoms with E-state index in [0.29, 0.717) is 18.8 Å². The van der Waals surface area contributed by atoms with Gasteiger partial charge >= 0.3 is 12.1 Å². The monoisotopic (exact) mass is 464 g/mol. The van der Waals surface area contributed by atoms with Crippen molar-refractivity contribution in [2.45, 2.75) is 51.0 Å². The van der Waals surface area contributed by atoms with Gasteiger partial charge in [0.15, 0.2) is 0 Å². The standard InChI is InChI=1S/C27H32N2O5/c1-2-7-18(25(30)29-24(26(31)32)14-17-12-13-17)15-28-27(33)34-16-23-21-10-5-3-8-19(21)20-9-4-6-11-22(20)23/h3-6,8-11,17-18,23-24H,2,7,12-16H2,1H3,(H,28,33)(H,29,30)(H,31,32). The van der Waals surface area contributed by atoms with Gasteiger partial charge in [0.25, 0.3) is 0 Å². The van der Waals surface area contributed by atoms with E-state index in [9.17, 15) is 19.5 Å². The molecule has 0 radical (unpaired) electrons. The summed E-state index contributed by atoms with van der Waals surface area (Å²) in [4.78, 5) is 36.7. The predicted molar refractivity (Wildman–Crippen MR) is 128 cm³/mol. The molecule has 2 amide bonds. The van der Waals surface area contributed by atoms with Gasteiger partial charge in [-0.15, -0.1) is 0 Å². The lowest BCUT2D eigenvalue weighted by atomic mass is 9.98. The Hall–Kier alpha value is -3.35. The highest BCUT2D eigenvalue weighted by molar-refractivity contribution is 5.85. The number of carboxylic acids is 1. The minimum Gasteiger partial charge on any atom is -0.480 e. The number of carboxylic acid groups (broad SMARTS) is 1. The second kappa shape index (κ2) is 10.7. The molecule has 4 rings (SSSR count). The van der Waals surface area contributed by atoms with Gasteiger partial charge in [-0.25, -0.2) is 9.59 Å². The minimum atomic E-state index is -1.01. The zero-order valence-electron chi connectivity index (χ0n) is 19.5. The third-order valence-corrected chi connectivity index (χ3v) is 6.72. The van der Waals surface area contributed by atoms with Crippen LogP contribution in [-0.4, -0.2) is 42.3 Å². The van der Waals surface area contributed by atoms with E-state index in [-0.39, 0.29) is 25.0 Å². The Morgan fingerprint density at radius 3 is 2.21 bits per heavy atom. The summed E-state index contributed by atoms with van der Waals surface area (Å²) in [6.07, 6.45) is 3.20. The van der Waals surface area contributed by atoms with Crippen LogP contribution in [0.5, 0.6) is 0 Å². The number of hydrogen-bond acceptors (Lipinski definition) is 4. The van der Waals surface area contributed by atoms with Crippen molar-refractivity contribution in [2.75, 3.05) is 13.2 Å². The Balaban J connectivity index is 1.31. The molecule has 2 aliphatic carbocycles.